The number of rotatable bonds is 9. The molecule has 2 amide bonds. The molecule has 12 nitrogen and oxygen atoms in total. The Hall–Kier alpha value is -3.43. The van der Waals surface area contributed by atoms with Crippen LogP contribution in [0.15, 0.2) is 52.4 Å². The molecule has 0 saturated carbocycles. The number of amides is 2. The number of benzene rings is 1. The van der Waals surface area contributed by atoms with Crippen LogP contribution in [0.1, 0.15) is 11.8 Å². The summed E-state index contributed by atoms with van der Waals surface area (Å²) in [5, 5.41) is 14.2. The van der Waals surface area contributed by atoms with Gasteiger partial charge in [-0.1, -0.05) is 6.07 Å². The van der Waals surface area contributed by atoms with E-state index in [4.69, 9.17) is 8.92 Å². The van der Waals surface area contributed by atoms with Gasteiger partial charge in [0.05, 0.1) is 11.3 Å². The lowest BCUT2D eigenvalue weighted by Gasteiger charge is -2.49. The molecule has 4 rings (SSSR count). The van der Waals surface area contributed by atoms with Crippen LogP contribution in [-0.2, 0) is 35.7 Å². The first-order valence-electron chi connectivity index (χ1n) is 10.4. The van der Waals surface area contributed by atoms with Crippen LogP contribution in [0, 0.1) is 10.1 Å². The molecule has 0 spiro atoms. The van der Waals surface area contributed by atoms with Crippen molar-refractivity contribution in [1.82, 2.24) is 10.2 Å². The fourth-order valence-electron chi connectivity index (χ4n) is 3.58. The summed E-state index contributed by atoms with van der Waals surface area (Å²) in [7, 11) is -4.62. The Bertz CT molecular complexity index is 1340. The Kier molecular flexibility index (Phi) is 7.33. The molecule has 1 aromatic heterocycles. The zero-order chi connectivity index (χ0) is 26.0. The number of carbonyl (C=O) groups is 3. The second-order valence-corrected chi connectivity index (χ2v) is 11.3. The van der Waals surface area contributed by atoms with Crippen molar-refractivity contribution in [2.24, 2.45) is 0 Å². The van der Waals surface area contributed by atoms with Crippen LogP contribution in [0.25, 0.3) is 0 Å². The van der Waals surface area contributed by atoms with Gasteiger partial charge in [0.25, 0.3) is 11.6 Å². The van der Waals surface area contributed by atoms with E-state index in [1.165, 1.54) is 23.1 Å². The standard InChI is InChI=1S/C21H19N3O9S3/c1-12(25)32-10-13-11-35-20-18(22-17(26)9-16-3-2-8-34-16)19(27)23(20)21(13)36(30,31)33-15-6-4-14(5-7-15)24(28)29/h2-8,18,20H,9-11H2,1H3,(H,22,26)/t18-,20+/m0/s1. The molecular formula is C21H19N3O9S3. The summed E-state index contributed by atoms with van der Waals surface area (Å²) in [5.74, 6) is -1.79. The Labute approximate surface area is 213 Å². The summed E-state index contributed by atoms with van der Waals surface area (Å²) >= 11 is 2.61. The lowest BCUT2D eigenvalue weighted by atomic mass is 10.1. The number of non-ortho nitro benzene ring substituents is 1. The van der Waals surface area contributed by atoms with Crippen LogP contribution < -0.4 is 9.50 Å². The molecule has 1 fully saturated rings. The molecule has 2 aliphatic rings. The fourth-order valence-corrected chi connectivity index (χ4v) is 7.14. The zero-order valence-electron chi connectivity index (χ0n) is 18.6. The monoisotopic (exact) mass is 553 g/mol. The number of nitro groups is 1. The van der Waals surface area contributed by atoms with Crippen LogP contribution in [0.3, 0.4) is 0 Å². The Morgan fingerprint density at radius 1 is 1.25 bits per heavy atom. The molecule has 1 aromatic carbocycles. The topological polar surface area (TPSA) is 162 Å². The Morgan fingerprint density at radius 2 is 1.97 bits per heavy atom. The number of nitro benzene ring substituents is 1. The number of hydrogen-bond acceptors (Lipinski definition) is 11. The Morgan fingerprint density at radius 3 is 2.58 bits per heavy atom. The number of ether oxygens (including phenoxy) is 1. The molecule has 1 N–H and O–H groups in total. The third-order valence-corrected chi connectivity index (χ3v) is 8.75. The number of carbonyl (C=O) groups excluding carboxylic acids is 3. The highest BCUT2D eigenvalue weighted by Gasteiger charge is 2.56. The highest BCUT2D eigenvalue weighted by molar-refractivity contribution is 8.00. The van der Waals surface area contributed by atoms with Gasteiger partial charge in [-0.05, 0) is 23.6 Å². The van der Waals surface area contributed by atoms with Crippen molar-refractivity contribution >= 4 is 56.7 Å². The molecule has 2 atom stereocenters. The minimum atomic E-state index is -4.62. The number of nitrogens with one attached hydrogen (secondary N) is 1. The molecule has 1 saturated heterocycles. The first-order chi connectivity index (χ1) is 17.1. The van der Waals surface area contributed by atoms with E-state index in [2.05, 4.69) is 5.32 Å². The molecule has 0 unspecified atom stereocenters. The van der Waals surface area contributed by atoms with Crippen molar-refractivity contribution < 1.29 is 36.6 Å². The molecule has 2 aromatic rings. The van der Waals surface area contributed by atoms with Crippen molar-refractivity contribution in [3.05, 3.63) is 67.4 Å². The van der Waals surface area contributed by atoms with Crippen LogP contribution in [-0.4, -0.2) is 59.8 Å². The van der Waals surface area contributed by atoms with Crippen molar-refractivity contribution in [3.8, 4) is 5.75 Å². The van der Waals surface area contributed by atoms with E-state index in [9.17, 15) is 32.9 Å². The molecule has 36 heavy (non-hydrogen) atoms. The highest BCUT2D eigenvalue weighted by Crippen LogP contribution is 2.43. The number of thiophene rings is 1. The molecule has 190 valence electrons. The fraction of sp³-hybridized carbons (Fsp3) is 0.286. The number of thioether (sulfide) groups is 1. The van der Waals surface area contributed by atoms with Crippen molar-refractivity contribution in [3.63, 3.8) is 0 Å². The normalized spacial score (nSPS) is 19.2. The van der Waals surface area contributed by atoms with E-state index in [-0.39, 0.29) is 41.7 Å². The summed E-state index contributed by atoms with van der Waals surface area (Å²) in [6.07, 6.45) is 0.0841. The lowest BCUT2D eigenvalue weighted by Crippen LogP contribution is -2.70. The maximum Gasteiger partial charge on any atom is 0.355 e. The summed E-state index contributed by atoms with van der Waals surface area (Å²) in [5.41, 5.74) is -0.132. The molecule has 2 aliphatic heterocycles. The number of hydrogen-bond donors (Lipinski definition) is 1. The SMILES string of the molecule is CC(=O)OCC1=C(S(=O)(=O)Oc2ccc([N+](=O)[O-])cc2)N2C(=O)[C@H](NC(=O)Cc3cccs3)[C@H]2SC1. The average molecular weight is 554 g/mol. The van der Waals surface area contributed by atoms with Crippen LogP contribution in [0.2, 0.25) is 0 Å². The van der Waals surface area contributed by atoms with Gasteiger partial charge in [0.15, 0.2) is 5.03 Å². The number of nitrogens with zero attached hydrogens (tertiary/aromatic N) is 2. The van der Waals surface area contributed by atoms with Gasteiger partial charge in [0.2, 0.25) is 5.91 Å². The minimum absolute atomic E-state index is 0.0841. The van der Waals surface area contributed by atoms with E-state index in [1.807, 2.05) is 5.38 Å². The van der Waals surface area contributed by atoms with Gasteiger partial charge in [-0.15, -0.1) is 23.1 Å². The summed E-state index contributed by atoms with van der Waals surface area (Å²) in [4.78, 5) is 48.8. The van der Waals surface area contributed by atoms with E-state index in [0.29, 0.717) is 0 Å². The third-order valence-electron chi connectivity index (χ3n) is 5.16. The summed E-state index contributed by atoms with van der Waals surface area (Å²) in [6, 6.07) is 7.03. The first kappa shape index (κ1) is 25.7. The second kappa shape index (κ2) is 10.3. The summed E-state index contributed by atoms with van der Waals surface area (Å²) in [6.45, 7) is 0.779. The van der Waals surface area contributed by atoms with Gasteiger partial charge in [-0.2, -0.15) is 8.42 Å². The van der Waals surface area contributed by atoms with Crippen LogP contribution in [0.5, 0.6) is 5.75 Å². The van der Waals surface area contributed by atoms with Crippen molar-refractivity contribution in [2.45, 2.75) is 24.8 Å². The van der Waals surface area contributed by atoms with E-state index in [1.54, 1.807) is 12.1 Å². The van der Waals surface area contributed by atoms with Crippen LogP contribution in [0.4, 0.5) is 5.69 Å². The van der Waals surface area contributed by atoms with Gasteiger partial charge < -0.3 is 14.2 Å². The molecular weight excluding hydrogens is 534 g/mol. The van der Waals surface area contributed by atoms with Gasteiger partial charge in [0, 0.05) is 35.3 Å². The van der Waals surface area contributed by atoms with E-state index < -0.39 is 43.4 Å². The maximum absolute atomic E-state index is 13.3. The zero-order valence-corrected chi connectivity index (χ0v) is 21.1. The predicted octanol–water partition coefficient (Wildman–Crippen LogP) is 1.78. The van der Waals surface area contributed by atoms with E-state index in [0.717, 1.165) is 41.0 Å². The molecule has 3 heterocycles. The summed E-state index contributed by atoms with van der Waals surface area (Å²) < 4.78 is 36.7. The number of β-lactam (4-membered cyclic amide) rings is 1. The third kappa shape index (κ3) is 5.37. The Balaban J connectivity index is 1.57. The van der Waals surface area contributed by atoms with Gasteiger partial charge in [0.1, 0.15) is 23.8 Å². The number of fused-ring (bicyclic) bond motifs is 1. The van der Waals surface area contributed by atoms with Gasteiger partial charge in [-0.3, -0.25) is 29.4 Å². The van der Waals surface area contributed by atoms with Gasteiger partial charge in [-0.25, -0.2) is 0 Å². The van der Waals surface area contributed by atoms with E-state index >= 15 is 0 Å². The quantitative estimate of drug-likeness (QED) is 0.159. The molecule has 0 aliphatic carbocycles. The van der Waals surface area contributed by atoms with Crippen LogP contribution >= 0.6 is 23.1 Å². The van der Waals surface area contributed by atoms with Crippen molar-refractivity contribution in [2.75, 3.05) is 12.4 Å². The first-order valence-corrected chi connectivity index (χ1v) is 13.7. The lowest BCUT2D eigenvalue weighted by molar-refractivity contribution is -0.384. The predicted molar refractivity (Wildman–Crippen MR) is 129 cm³/mol. The highest BCUT2D eigenvalue weighted by atomic mass is 32.2. The molecule has 15 heteroatoms. The largest absolute Gasteiger partial charge is 0.461 e. The number of esters is 1. The van der Waals surface area contributed by atoms with Gasteiger partial charge >= 0.3 is 16.1 Å². The average Bonchev–Trinajstić information content (AvgIpc) is 3.33. The second-order valence-electron chi connectivity index (χ2n) is 7.69. The maximum atomic E-state index is 13.3. The minimum Gasteiger partial charge on any atom is -0.461 e. The molecule has 0 radical (unpaired) electrons. The molecule has 0 bridgehead atoms. The van der Waals surface area contributed by atoms with Crippen molar-refractivity contribution in [1.29, 1.82) is 0 Å². The smallest absolute Gasteiger partial charge is 0.355 e.